The monoisotopic (exact) mass is 260 g/mol. The van der Waals surface area contributed by atoms with Crippen LogP contribution in [0, 0.1) is 0 Å². The number of hydrogen-bond donors (Lipinski definition) is 1. The third-order valence-electron chi connectivity index (χ3n) is 4.48. The summed E-state index contributed by atoms with van der Waals surface area (Å²) in [5, 5.41) is 0. The van der Waals surface area contributed by atoms with Crippen LogP contribution in [0.2, 0.25) is 0 Å². The van der Waals surface area contributed by atoms with Crippen molar-refractivity contribution in [2.45, 2.75) is 57.5 Å². The molecule has 2 heteroatoms. The Morgan fingerprint density at radius 2 is 1.89 bits per heavy atom. The topological polar surface area (TPSA) is 29.3 Å². The summed E-state index contributed by atoms with van der Waals surface area (Å²) in [7, 11) is 0. The maximum absolute atomic E-state index is 6.22. The van der Waals surface area contributed by atoms with E-state index in [9.17, 15) is 0 Å². The second-order valence-corrected chi connectivity index (χ2v) is 5.87. The standard InChI is InChI=1S/C17H28N2/c1-3-12-19(16-10-11-16)17(4-2,14-18)13-15-8-6-5-7-9-15/h5-9,16H,3-4,10-14,18H2,1-2H3. The molecule has 1 atom stereocenters. The first-order valence-corrected chi connectivity index (χ1v) is 7.76. The molecule has 1 aromatic rings. The van der Waals surface area contributed by atoms with Gasteiger partial charge in [0, 0.05) is 18.1 Å². The molecule has 1 aliphatic carbocycles. The average molecular weight is 260 g/mol. The minimum Gasteiger partial charge on any atom is -0.329 e. The van der Waals surface area contributed by atoms with Gasteiger partial charge in [0.2, 0.25) is 0 Å². The summed E-state index contributed by atoms with van der Waals surface area (Å²) in [6.45, 7) is 6.51. The van der Waals surface area contributed by atoms with Crippen LogP contribution in [0.3, 0.4) is 0 Å². The molecule has 0 aliphatic heterocycles. The first-order chi connectivity index (χ1) is 9.25. The lowest BCUT2D eigenvalue weighted by atomic mass is 9.85. The molecular weight excluding hydrogens is 232 g/mol. The summed E-state index contributed by atoms with van der Waals surface area (Å²) in [6, 6.07) is 11.6. The van der Waals surface area contributed by atoms with E-state index in [0.29, 0.717) is 0 Å². The van der Waals surface area contributed by atoms with Crippen LogP contribution in [0.5, 0.6) is 0 Å². The Bertz CT molecular complexity index is 366. The second kappa shape index (κ2) is 6.53. The van der Waals surface area contributed by atoms with Gasteiger partial charge in [-0.15, -0.1) is 0 Å². The maximum atomic E-state index is 6.22. The van der Waals surface area contributed by atoms with Crippen LogP contribution in [-0.4, -0.2) is 29.6 Å². The highest BCUT2D eigenvalue weighted by atomic mass is 15.3. The molecule has 1 saturated carbocycles. The molecule has 1 aromatic carbocycles. The summed E-state index contributed by atoms with van der Waals surface area (Å²) >= 11 is 0. The Balaban J connectivity index is 2.19. The van der Waals surface area contributed by atoms with Gasteiger partial charge in [-0.05, 0) is 44.2 Å². The predicted molar refractivity (Wildman–Crippen MR) is 82.2 cm³/mol. The van der Waals surface area contributed by atoms with Gasteiger partial charge in [0.15, 0.2) is 0 Å². The van der Waals surface area contributed by atoms with Crippen molar-refractivity contribution in [1.82, 2.24) is 4.90 Å². The minimum atomic E-state index is 0.151. The molecule has 2 N–H and O–H groups in total. The Hall–Kier alpha value is -0.860. The van der Waals surface area contributed by atoms with E-state index in [1.165, 1.54) is 31.4 Å². The Morgan fingerprint density at radius 3 is 2.37 bits per heavy atom. The van der Waals surface area contributed by atoms with Gasteiger partial charge < -0.3 is 5.73 Å². The third-order valence-corrected chi connectivity index (χ3v) is 4.48. The van der Waals surface area contributed by atoms with Gasteiger partial charge >= 0.3 is 0 Å². The van der Waals surface area contributed by atoms with Gasteiger partial charge in [-0.3, -0.25) is 4.90 Å². The van der Waals surface area contributed by atoms with Crippen molar-refractivity contribution in [3.8, 4) is 0 Å². The summed E-state index contributed by atoms with van der Waals surface area (Å²) in [4.78, 5) is 2.71. The molecule has 0 amide bonds. The zero-order valence-corrected chi connectivity index (χ0v) is 12.4. The number of rotatable bonds is 8. The van der Waals surface area contributed by atoms with E-state index in [-0.39, 0.29) is 5.54 Å². The first-order valence-electron chi connectivity index (χ1n) is 7.76. The maximum Gasteiger partial charge on any atom is 0.0372 e. The predicted octanol–water partition coefficient (Wildman–Crippen LogP) is 3.21. The number of nitrogens with two attached hydrogens (primary N) is 1. The molecule has 19 heavy (non-hydrogen) atoms. The molecular formula is C17H28N2. The first kappa shape index (κ1) is 14.5. The van der Waals surface area contributed by atoms with Crippen molar-refractivity contribution in [2.75, 3.05) is 13.1 Å². The molecule has 0 spiro atoms. The van der Waals surface area contributed by atoms with Crippen molar-refractivity contribution >= 4 is 0 Å². The summed E-state index contributed by atoms with van der Waals surface area (Å²) in [5.41, 5.74) is 7.79. The van der Waals surface area contributed by atoms with Crippen LogP contribution in [0.25, 0.3) is 0 Å². The van der Waals surface area contributed by atoms with Crippen LogP contribution in [-0.2, 0) is 6.42 Å². The van der Waals surface area contributed by atoms with Crippen molar-refractivity contribution < 1.29 is 0 Å². The van der Waals surface area contributed by atoms with E-state index in [4.69, 9.17) is 5.73 Å². The van der Waals surface area contributed by atoms with E-state index in [2.05, 4.69) is 49.1 Å². The zero-order valence-electron chi connectivity index (χ0n) is 12.4. The van der Waals surface area contributed by atoms with Crippen LogP contribution in [0.1, 0.15) is 45.1 Å². The largest absolute Gasteiger partial charge is 0.329 e. The van der Waals surface area contributed by atoms with Gasteiger partial charge in [-0.1, -0.05) is 44.2 Å². The van der Waals surface area contributed by atoms with E-state index < -0.39 is 0 Å². The minimum absolute atomic E-state index is 0.151. The molecule has 1 unspecified atom stereocenters. The van der Waals surface area contributed by atoms with Gasteiger partial charge in [-0.2, -0.15) is 0 Å². The molecule has 1 fully saturated rings. The van der Waals surface area contributed by atoms with Gasteiger partial charge in [0.1, 0.15) is 0 Å². The molecule has 106 valence electrons. The second-order valence-electron chi connectivity index (χ2n) is 5.87. The van der Waals surface area contributed by atoms with Crippen LogP contribution in [0.15, 0.2) is 30.3 Å². The number of nitrogens with zero attached hydrogens (tertiary/aromatic N) is 1. The third kappa shape index (κ3) is 3.37. The lowest BCUT2D eigenvalue weighted by Crippen LogP contribution is -2.56. The Labute approximate surface area is 118 Å². The number of hydrogen-bond acceptors (Lipinski definition) is 2. The fourth-order valence-corrected chi connectivity index (χ4v) is 3.17. The normalized spacial score (nSPS) is 18.5. The highest BCUT2D eigenvalue weighted by Gasteiger charge is 2.41. The van der Waals surface area contributed by atoms with Crippen molar-refractivity contribution in [2.24, 2.45) is 5.73 Å². The molecule has 0 radical (unpaired) electrons. The van der Waals surface area contributed by atoms with E-state index >= 15 is 0 Å². The zero-order chi connectivity index (χ0) is 13.7. The average Bonchev–Trinajstić information content (AvgIpc) is 3.28. The van der Waals surface area contributed by atoms with Crippen LogP contribution in [0.4, 0.5) is 0 Å². The summed E-state index contributed by atoms with van der Waals surface area (Å²) < 4.78 is 0. The van der Waals surface area contributed by atoms with E-state index in [0.717, 1.165) is 25.4 Å². The summed E-state index contributed by atoms with van der Waals surface area (Å²) in [6.07, 6.45) is 6.15. The highest BCUT2D eigenvalue weighted by molar-refractivity contribution is 5.19. The summed E-state index contributed by atoms with van der Waals surface area (Å²) in [5.74, 6) is 0. The molecule has 1 aliphatic rings. The highest BCUT2D eigenvalue weighted by Crippen LogP contribution is 2.36. The van der Waals surface area contributed by atoms with Gasteiger partial charge in [0.05, 0.1) is 0 Å². The smallest absolute Gasteiger partial charge is 0.0372 e. The molecule has 0 heterocycles. The SMILES string of the molecule is CCCN(C1CC1)C(CC)(CN)Cc1ccccc1. The fraction of sp³-hybridized carbons (Fsp3) is 0.647. The number of benzene rings is 1. The lowest BCUT2D eigenvalue weighted by molar-refractivity contribution is 0.0798. The fourth-order valence-electron chi connectivity index (χ4n) is 3.17. The van der Waals surface area contributed by atoms with Gasteiger partial charge in [0.25, 0.3) is 0 Å². The van der Waals surface area contributed by atoms with Crippen molar-refractivity contribution in [3.63, 3.8) is 0 Å². The molecule has 0 aromatic heterocycles. The molecule has 0 saturated heterocycles. The molecule has 2 nitrogen and oxygen atoms in total. The van der Waals surface area contributed by atoms with Crippen molar-refractivity contribution in [1.29, 1.82) is 0 Å². The van der Waals surface area contributed by atoms with E-state index in [1.807, 2.05) is 0 Å². The van der Waals surface area contributed by atoms with Gasteiger partial charge in [-0.25, -0.2) is 0 Å². The molecule has 0 bridgehead atoms. The van der Waals surface area contributed by atoms with Crippen LogP contribution >= 0.6 is 0 Å². The Morgan fingerprint density at radius 1 is 1.21 bits per heavy atom. The van der Waals surface area contributed by atoms with E-state index in [1.54, 1.807) is 0 Å². The van der Waals surface area contributed by atoms with Crippen LogP contribution < -0.4 is 5.73 Å². The quantitative estimate of drug-likeness (QED) is 0.777. The Kier molecular flexibility index (Phi) is 5.00. The molecule has 2 rings (SSSR count). The lowest BCUT2D eigenvalue weighted by Gasteiger charge is -2.43. The van der Waals surface area contributed by atoms with Crippen molar-refractivity contribution in [3.05, 3.63) is 35.9 Å².